The van der Waals surface area contributed by atoms with Crippen LogP contribution in [0, 0.1) is 0 Å². The second-order valence-electron chi connectivity index (χ2n) is 10.9. The first-order valence-electron chi connectivity index (χ1n) is 13.3. The predicted molar refractivity (Wildman–Crippen MR) is 148 cm³/mol. The van der Waals surface area contributed by atoms with Crippen molar-refractivity contribution in [3.05, 3.63) is 24.3 Å². The number of rotatable bonds is 21. The van der Waals surface area contributed by atoms with E-state index in [1.165, 1.54) is 44.9 Å². The Hall–Kier alpha value is -0.696. The third-order valence-electron chi connectivity index (χ3n) is 5.03. The largest absolute Gasteiger partial charge is 0.458 e. The number of hydrogen-bond acceptors (Lipinski definition) is 4. The van der Waals surface area contributed by atoms with E-state index in [2.05, 4.69) is 70.5 Å². The molecular formula is C27H54O4Si2. The van der Waals surface area contributed by atoms with E-state index in [4.69, 9.17) is 13.6 Å². The van der Waals surface area contributed by atoms with Crippen LogP contribution < -0.4 is 0 Å². The van der Waals surface area contributed by atoms with Crippen LogP contribution in [0.2, 0.25) is 39.3 Å². The minimum Gasteiger partial charge on any atom is -0.458 e. The highest BCUT2D eigenvalue weighted by molar-refractivity contribution is 6.70. The van der Waals surface area contributed by atoms with Crippen LogP contribution in [0.4, 0.5) is 0 Å². The summed E-state index contributed by atoms with van der Waals surface area (Å²) in [5.41, 5.74) is 0. The van der Waals surface area contributed by atoms with Gasteiger partial charge in [0.25, 0.3) is 0 Å². The molecule has 0 unspecified atom stereocenters. The van der Waals surface area contributed by atoms with Gasteiger partial charge in [0.2, 0.25) is 0 Å². The van der Waals surface area contributed by atoms with Gasteiger partial charge in [-0.05, 0) is 77.8 Å². The van der Waals surface area contributed by atoms with Gasteiger partial charge < -0.3 is 13.6 Å². The molecule has 0 heterocycles. The lowest BCUT2D eigenvalue weighted by molar-refractivity contribution is -0.152. The summed E-state index contributed by atoms with van der Waals surface area (Å²) in [4.78, 5) is 12.3. The second kappa shape index (κ2) is 19.6. The Bertz CT molecular complexity index is 515. The molecule has 0 amide bonds. The van der Waals surface area contributed by atoms with E-state index in [9.17, 15) is 4.79 Å². The summed E-state index contributed by atoms with van der Waals surface area (Å²) in [5.74, 6) is -0.121. The second-order valence-corrected chi connectivity index (χ2v) is 20.0. The van der Waals surface area contributed by atoms with Crippen LogP contribution in [-0.4, -0.2) is 41.9 Å². The zero-order chi connectivity index (χ0) is 25.0. The minimum atomic E-state index is -1.65. The predicted octanol–water partition coefficient (Wildman–Crippen LogP) is 8.41. The number of esters is 1. The summed E-state index contributed by atoms with van der Waals surface area (Å²) in [6, 6.07) is 0. The maximum atomic E-state index is 12.3. The van der Waals surface area contributed by atoms with E-state index in [1.54, 1.807) is 0 Å². The lowest BCUT2D eigenvalue weighted by Crippen LogP contribution is -2.38. The molecule has 0 radical (unpaired) electrons. The van der Waals surface area contributed by atoms with Crippen LogP contribution in [0.1, 0.15) is 84.0 Å². The van der Waals surface area contributed by atoms with Gasteiger partial charge in [0, 0.05) is 6.42 Å². The molecule has 0 aliphatic carbocycles. The molecule has 0 aromatic carbocycles. The fraction of sp³-hybridized carbons (Fsp3) is 0.815. The molecule has 0 N–H and O–H groups in total. The third kappa shape index (κ3) is 25.8. The minimum absolute atomic E-state index is 0.121. The molecule has 0 aliphatic heterocycles. The summed E-state index contributed by atoms with van der Waals surface area (Å²) in [5, 5.41) is 0. The molecule has 0 atom stereocenters. The summed E-state index contributed by atoms with van der Waals surface area (Å²) in [7, 11) is -3.31. The van der Waals surface area contributed by atoms with Gasteiger partial charge >= 0.3 is 5.97 Å². The van der Waals surface area contributed by atoms with E-state index in [-0.39, 0.29) is 12.1 Å². The average Bonchev–Trinajstić information content (AvgIpc) is 2.71. The van der Waals surface area contributed by atoms with Crippen LogP contribution in [0.5, 0.6) is 0 Å². The number of carbonyl (C=O) groups excluding carboxylic acids is 1. The van der Waals surface area contributed by atoms with Crippen LogP contribution in [-0.2, 0) is 18.4 Å². The molecule has 33 heavy (non-hydrogen) atoms. The van der Waals surface area contributed by atoms with Gasteiger partial charge in [-0.25, -0.2) is 0 Å². The van der Waals surface area contributed by atoms with Gasteiger partial charge in [-0.1, -0.05) is 63.3 Å². The van der Waals surface area contributed by atoms with Gasteiger partial charge in [0.15, 0.2) is 16.6 Å². The molecule has 0 fully saturated rings. The maximum absolute atomic E-state index is 12.3. The molecule has 0 rings (SSSR count). The van der Waals surface area contributed by atoms with E-state index in [1.807, 2.05) is 0 Å². The van der Waals surface area contributed by atoms with Crippen molar-refractivity contribution in [1.29, 1.82) is 0 Å². The number of unbranched alkanes of at least 4 members (excludes halogenated alkanes) is 8. The van der Waals surface area contributed by atoms with E-state index >= 15 is 0 Å². The summed E-state index contributed by atoms with van der Waals surface area (Å²) < 4.78 is 17.7. The Morgan fingerprint density at radius 3 is 1.70 bits per heavy atom. The molecule has 0 aromatic heterocycles. The van der Waals surface area contributed by atoms with E-state index in [0.29, 0.717) is 19.6 Å². The Balaban J connectivity index is 3.88. The van der Waals surface area contributed by atoms with Crippen molar-refractivity contribution >= 4 is 22.6 Å². The number of allylic oxidation sites excluding steroid dienone is 4. The highest BCUT2D eigenvalue weighted by Crippen LogP contribution is 2.12. The molecule has 0 aliphatic rings. The average molecular weight is 499 g/mol. The maximum Gasteiger partial charge on any atom is 0.306 e. The van der Waals surface area contributed by atoms with Crippen molar-refractivity contribution in [2.24, 2.45) is 0 Å². The molecular weight excluding hydrogens is 444 g/mol. The van der Waals surface area contributed by atoms with Crippen LogP contribution >= 0.6 is 0 Å². The number of carbonyl (C=O) groups is 1. The normalized spacial score (nSPS) is 13.0. The van der Waals surface area contributed by atoms with Gasteiger partial charge in [-0.15, -0.1) is 0 Å². The van der Waals surface area contributed by atoms with Crippen LogP contribution in [0.15, 0.2) is 24.3 Å². The monoisotopic (exact) mass is 498 g/mol. The molecule has 4 nitrogen and oxygen atoms in total. The first-order valence-corrected chi connectivity index (χ1v) is 20.1. The lowest BCUT2D eigenvalue weighted by Gasteiger charge is -2.26. The first kappa shape index (κ1) is 32.3. The lowest BCUT2D eigenvalue weighted by atomic mass is 10.1. The van der Waals surface area contributed by atoms with Crippen molar-refractivity contribution in [3.8, 4) is 0 Å². The van der Waals surface area contributed by atoms with E-state index in [0.717, 1.165) is 25.7 Å². The fourth-order valence-corrected chi connectivity index (χ4v) is 4.50. The summed E-state index contributed by atoms with van der Waals surface area (Å²) in [6.07, 6.45) is 22.4. The standard InChI is InChI=1S/C27H54O4Si2/c1-8-9-10-11-12-13-14-15-16-17-18-19-20-21-22-23-27(28)31-26(24-29-32(2,3)4)25-30-33(5,6)7/h12-13,15-16,26H,8-11,14,17-25H2,1-7H3/b13-12-,16-15-. The van der Waals surface area contributed by atoms with Crippen molar-refractivity contribution in [1.82, 2.24) is 0 Å². The molecule has 0 spiro atoms. The Morgan fingerprint density at radius 1 is 0.697 bits per heavy atom. The van der Waals surface area contributed by atoms with Gasteiger partial charge in [0.05, 0.1) is 13.2 Å². The zero-order valence-corrected chi connectivity index (χ0v) is 24.9. The van der Waals surface area contributed by atoms with Gasteiger partial charge in [-0.3, -0.25) is 4.79 Å². The van der Waals surface area contributed by atoms with Crippen LogP contribution in [0.25, 0.3) is 0 Å². The van der Waals surface area contributed by atoms with Crippen molar-refractivity contribution in [2.45, 2.75) is 129 Å². The quantitative estimate of drug-likeness (QED) is 0.0689. The van der Waals surface area contributed by atoms with E-state index < -0.39 is 16.6 Å². The molecule has 6 heteroatoms. The molecule has 194 valence electrons. The molecule has 0 saturated carbocycles. The fourth-order valence-electron chi connectivity index (χ4n) is 3.13. The van der Waals surface area contributed by atoms with Gasteiger partial charge in [0.1, 0.15) is 6.10 Å². The zero-order valence-electron chi connectivity index (χ0n) is 22.9. The van der Waals surface area contributed by atoms with Crippen LogP contribution in [0.3, 0.4) is 0 Å². The smallest absolute Gasteiger partial charge is 0.306 e. The van der Waals surface area contributed by atoms with Crippen molar-refractivity contribution < 1.29 is 18.4 Å². The first-order chi connectivity index (χ1) is 15.5. The molecule has 0 bridgehead atoms. The third-order valence-corrected chi connectivity index (χ3v) is 7.10. The molecule has 0 aromatic rings. The summed E-state index contributed by atoms with van der Waals surface area (Å²) in [6.45, 7) is 16.0. The summed E-state index contributed by atoms with van der Waals surface area (Å²) >= 11 is 0. The highest BCUT2D eigenvalue weighted by atomic mass is 28.4. The Morgan fingerprint density at radius 2 is 1.18 bits per heavy atom. The number of ether oxygens (including phenoxy) is 1. The Kier molecular flexibility index (Phi) is 19.2. The van der Waals surface area contributed by atoms with Crippen molar-refractivity contribution in [3.63, 3.8) is 0 Å². The topological polar surface area (TPSA) is 44.8 Å². The number of hydrogen-bond donors (Lipinski definition) is 0. The van der Waals surface area contributed by atoms with Crippen molar-refractivity contribution in [2.75, 3.05) is 13.2 Å². The highest BCUT2D eigenvalue weighted by Gasteiger charge is 2.23. The van der Waals surface area contributed by atoms with Gasteiger partial charge in [-0.2, -0.15) is 0 Å². The molecule has 0 saturated heterocycles. The SMILES string of the molecule is CCCCC/C=C\C/C=C\CCCCCCCC(=O)OC(CO[Si](C)(C)C)CO[Si](C)(C)C. The Labute approximate surface area is 207 Å².